The highest BCUT2D eigenvalue weighted by molar-refractivity contribution is 5.89. The first-order valence-corrected chi connectivity index (χ1v) is 6.60. The number of carbonyl (C=O) groups excluding carboxylic acids is 3. The molecule has 0 saturated carbocycles. The third-order valence-corrected chi connectivity index (χ3v) is 2.58. The number of nitro benzene ring substituents is 3. The van der Waals surface area contributed by atoms with Crippen molar-refractivity contribution in [1.82, 2.24) is 0 Å². The van der Waals surface area contributed by atoms with Crippen molar-refractivity contribution in [3.63, 3.8) is 0 Å². The van der Waals surface area contributed by atoms with E-state index >= 15 is 0 Å². The summed E-state index contributed by atoms with van der Waals surface area (Å²) < 4.78 is 13.4. The normalized spacial score (nSPS) is 9.89. The van der Waals surface area contributed by atoms with E-state index in [0.29, 0.717) is 0 Å². The fraction of sp³-hybridized carbons (Fsp3) is 0.250. The summed E-state index contributed by atoms with van der Waals surface area (Å²) in [5, 5.41) is 34.1. The predicted octanol–water partition coefficient (Wildman–Crippen LogP) is 1.19. The summed E-state index contributed by atoms with van der Waals surface area (Å²) in [5.74, 6) is -8.06. The predicted molar refractivity (Wildman–Crippen MR) is 80.3 cm³/mol. The lowest BCUT2D eigenvalue weighted by atomic mass is 10.1. The van der Waals surface area contributed by atoms with Gasteiger partial charge in [0.1, 0.15) is 0 Å². The second kappa shape index (κ2) is 7.81. The highest BCUT2D eigenvalue weighted by atomic mass is 16.7. The third kappa shape index (κ3) is 4.47. The van der Waals surface area contributed by atoms with E-state index in [4.69, 9.17) is 0 Å². The van der Waals surface area contributed by atoms with Crippen LogP contribution in [0.15, 0.2) is 0 Å². The summed E-state index contributed by atoms with van der Waals surface area (Å²) in [4.78, 5) is 63.6. The minimum absolute atomic E-state index is 0.728. The molecule has 0 unspecified atom stereocenters. The molecule has 0 bridgehead atoms. The van der Waals surface area contributed by atoms with E-state index in [1.165, 1.54) is 0 Å². The van der Waals surface area contributed by atoms with Gasteiger partial charge in [0.25, 0.3) is 17.2 Å². The molecular formula is C12H9N3O12. The quantitative estimate of drug-likeness (QED) is 0.291. The van der Waals surface area contributed by atoms with Gasteiger partial charge >= 0.3 is 35.0 Å². The van der Waals surface area contributed by atoms with Crippen LogP contribution in [0.2, 0.25) is 0 Å². The molecule has 15 nitrogen and oxygen atoms in total. The van der Waals surface area contributed by atoms with Crippen molar-refractivity contribution in [3.8, 4) is 17.2 Å². The van der Waals surface area contributed by atoms with Crippen LogP contribution >= 0.6 is 0 Å². The van der Waals surface area contributed by atoms with Crippen molar-refractivity contribution in [1.29, 1.82) is 0 Å². The molecule has 0 spiro atoms. The maximum absolute atomic E-state index is 11.4. The first-order valence-electron chi connectivity index (χ1n) is 6.60. The molecule has 0 radical (unpaired) electrons. The fourth-order valence-corrected chi connectivity index (χ4v) is 1.86. The van der Waals surface area contributed by atoms with Crippen LogP contribution in [0.4, 0.5) is 17.1 Å². The molecule has 0 aliphatic rings. The van der Waals surface area contributed by atoms with Crippen molar-refractivity contribution in [2.75, 3.05) is 0 Å². The van der Waals surface area contributed by atoms with E-state index in [-0.39, 0.29) is 0 Å². The molecular weight excluding hydrogens is 378 g/mol. The Bertz CT molecular complexity index is 755. The Morgan fingerprint density at radius 2 is 0.778 bits per heavy atom. The summed E-state index contributed by atoms with van der Waals surface area (Å²) in [5.41, 5.74) is -4.64. The molecule has 0 N–H and O–H groups in total. The molecule has 1 rings (SSSR count). The van der Waals surface area contributed by atoms with Crippen LogP contribution in [0.5, 0.6) is 17.2 Å². The van der Waals surface area contributed by atoms with Gasteiger partial charge in [0.05, 0.1) is 14.8 Å². The standard InChI is InChI=1S/C12H9N3O12/c1-4(16)25-10-7(13(19)20)11(26-5(2)17)9(15(23)24)12(27-6(3)18)8(10)14(21)22/h1-3H3. The second-order valence-corrected chi connectivity index (χ2v) is 4.59. The van der Waals surface area contributed by atoms with E-state index in [1.807, 2.05) is 0 Å². The summed E-state index contributed by atoms with van der Waals surface area (Å²) in [7, 11) is 0. The molecule has 0 saturated heterocycles. The highest BCUT2D eigenvalue weighted by Gasteiger charge is 2.47. The molecule has 0 heterocycles. The van der Waals surface area contributed by atoms with Gasteiger partial charge in [0, 0.05) is 20.8 Å². The maximum atomic E-state index is 11.4. The first-order chi connectivity index (χ1) is 12.4. The summed E-state index contributed by atoms with van der Waals surface area (Å²) in [6.45, 7) is 2.18. The van der Waals surface area contributed by atoms with Gasteiger partial charge in [0.15, 0.2) is 0 Å². The Hall–Kier alpha value is -4.17. The minimum Gasteiger partial charge on any atom is -0.412 e. The summed E-state index contributed by atoms with van der Waals surface area (Å²) in [6.07, 6.45) is 0. The van der Waals surface area contributed by atoms with Gasteiger partial charge in [0.2, 0.25) is 0 Å². The Morgan fingerprint density at radius 1 is 0.593 bits per heavy atom. The van der Waals surface area contributed by atoms with Crippen molar-refractivity contribution in [2.24, 2.45) is 0 Å². The van der Waals surface area contributed by atoms with Crippen LogP contribution in [0.1, 0.15) is 20.8 Å². The zero-order chi connectivity index (χ0) is 21.0. The molecule has 0 fully saturated rings. The third-order valence-electron chi connectivity index (χ3n) is 2.58. The molecule has 0 atom stereocenters. The van der Waals surface area contributed by atoms with Crippen LogP contribution in [-0.2, 0) is 14.4 Å². The maximum Gasteiger partial charge on any atom is 0.368 e. The number of carbonyl (C=O) groups is 3. The summed E-state index contributed by atoms with van der Waals surface area (Å²) in [6, 6.07) is 0. The molecule has 0 aliphatic heterocycles. The molecule has 1 aromatic carbocycles. The van der Waals surface area contributed by atoms with Gasteiger partial charge in [-0.1, -0.05) is 0 Å². The first kappa shape index (κ1) is 20.9. The average Bonchev–Trinajstić information content (AvgIpc) is 2.43. The smallest absolute Gasteiger partial charge is 0.368 e. The van der Waals surface area contributed by atoms with Crippen LogP contribution in [0, 0.1) is 30.3 Å². The van der Waals surface area contributed by atoms with E-state index in [0.717, 1.165) is 20.8 Å². The number of nitro groups is 3. The van der Waals surface area contributed by atoms with Gasteiger partial charge in [-0.2, -0.15) is 0 Å². The van der Waals surface area contributed by atoms with Crippen LogP contribution in [0.25, 0.3) is 0 Å². The number of rotatable bonds is 6. The molecule has 27 heavy (non-hydrogen) atoms. The molecule has 0 aromatic heterocycles. The van der Waals surface area contributed by atoms with Gasteiger partial charge < -0.3 is 14.2 Å². The highest BCUT2D eigenvalue weighted by Crippen LogP contribution is 2.56. The number of esters is 3. The topological polar surface area (TPSA) is 208 Å². The van der Waals surface area contributed by atoms with Crippen molar-refractivity contribution in [2.45, 2.75) is 20.8 Å². The van der Waals surface area contributed by atoms with E-state index in [1.54, 1.807) is 0 Å². The number of benzene rings is 1. The largest absolute Gasteiger partial charge is 0.412 e. The second-order valence-electron chi connectivity index (χ2n) is 4.59. The Morgan fingerprint density at radius 3 is 0.889 bits per heavy atom. The Kier molecular flexibility index (Phi) is 6.04. The zero-order valence-corrected chi connectivity index (χ0v) is 13.7. The number of hydrogen-bond donors (Lipinski definition) is 0. The van der Waals surface area contributed by atoms with Crippen LogP contribution < -0.4 is 14.2 Å². The average molecular weight is 387 g/mol. The van der Waals surface area contributed by atoms with Gasteiger partial charge in [-0.3, -0.25) is 44.7 Å². The Balaban J connectivity index is 4.28. The number of ether oxygens (including phenoxy) is 3. The van der Waals surface area contributed by atoms with Crippen molar-refractivity contribution in [3.05, 3.63) is 30.3 Å². The Labute approximate surface area is 147 Å². The van der Waals surface area contributed by atoms with Crippen molar-refractivity contribution >= 4 is 35.0 Å². The van der Waals surface area contributed by atoms with Gasteiger partial charge in [-0.05, 0) is 0 Å². The summed E-state index contributed by atoms with van der Waals surface area (Å²) >= 11 is 0. The molecule has 1 aromatic rings. The number of nitrogens with zero attached hydrogens (tertiary/aromatic N) is 3. The zero-order valence-electron chi connectivity index (χ0n) is 13.7. The van der Waals surface area contributed by atoms with Crippen LogP contribution in [-0.4, -0.2) is 32.7 Å². The monoisotopic (exact) mass is 387 g/mol. The number of hydrogen-bond acceptors (Lipinski definition) is 12. The fourth-order valence-electron chi connectivity index (χ4n) is 1.86. The van der Waals surface area contributed by atoms with Crippen LogP contribution in [0.3, 0.4) is 0 Å². The SMILES string of the molecule is CC(=O)Oc1c([N+](=O)[O-])c(OC(C)=O)c([N+](=O)[O-])c(OC(C)=O)c1[N+](=O)[O-]. The van der Waals surface area contributed by atoms with E-state index < -0.39 is 67.0 Å². The lowest BCUT2D eigenvalue weighted by Gasteiger charge is -2.12. The lowest BCUT2D eigenvalue weighted by Crippen LogP contribution is -2.15. The molecule has 0 amide bonds. The minimum atomic E-state index is -1.55. The lowest BCUT2D eigenvalue weighted by molar-refractivity contribution is -0.406. The van der Waals surface area contributed by atoms with Gasteiger partial charge in [-0.25, -0.2) is 0 Å². The van der Waals surface area contributed by atoms with Crippen molar-refractivity contribution < 1.29 is 43.4 Å². The molecule has 15 heteroatoms. The van der Waals surface area contributed by atoms with E-state index in [2.05, 4.69) is 14.2 Å². The van der Waals surface area contributed by atoms with E-state index in [9.17, 15) is 44.7 Å². The molecule has 0 aliphatic carbocycles. The van der Waals surface area contributed by atoms with Gasteiger partial charge in [-0.15, -0.1) is 0 Å². The molecule has 144 valence electrons.